The average molecular weight is 285 g/mol. The lowest BCUT2D eigenvalue weighted by atomic mass is 10.2. The number of hydrogen-bond acceptors (Lipinski definition) is 6. The van der Waals surface area contributed by atoms with E-state index in [1.807, 2.05) is 37.7 Å². The molecule has 0 amide bonds. The molecule has 3 aromatic rings. The number of thiophene rings is 1. The van der Waals surface area contributed by atoms with Gasteiger partial charge in [0.05, 0.1) is 5.39 Å². The van der Waals surface area contributed by atoms with Crippen LogP contribution in [0.25, 0.3) is 10.2 Å². The molecule has 3 aromatic heterocycles. The highest BCUT2D eigenvalue weighted by atomic mass is 32.1. The highest BCUT2D eigenvalue weighted by molar-refractivity contribution is 7.16. The van der Waals surface area contributed by atoms with E-state index in [-0.39, 0.29) is 0 Å². The third kappa shape index (κ3) is 2.55. The summed E-state index contributed by atoms with van der Waals surface area (Å²) in [6.07, 6.45) is 1.88. The first-order valence-corrected chi connectivity index (χ1v) is 7.22. The van der Waals surface area contributed by atoms with Crippen LogP contribution in [-0.2, 0) is 6.54 Å². The summed E-state index contributed by atoms with van der Waals surface area (Å²) in [6, 6.07) is 6.12. The summed E-state index contributed by atoms with van der Waals surface area (Å²) < 4.78 is 0. The molecule has 0 aliphatic heterocycles. The molecule has 102 valence electrons. The van der Waals surface area contributed by atoms with Crippen molar-refractivity contribution >= 4 is 33.3 Å². The smallest absolute Gasteiger partial charge is 0.225 e. The van der Waals surface area contributed by atoms with Crippen LogP contribution in [0.1, 0.15) is 11.3 Å². The lowest BCUT2D eigenvalue weighted by molar-refractivity contribution is 1.07. The number of aromatic nitrogens is 3. The maximum absolute atomic E-state index is 4.48. The molecule has 0 aliphatic rings. The summed E-state index contributed by atoms with van der Waals surface area (Å²) in [4.78, 5) is 14.2. The zero-order chi connectivity index (χ0) is 13.9. The largest absolute Gasteiger partial charge is 0.365 e. The highest BCUT2D eigenvalue weighted by Gasteiger charge is 2.07. The predicted molar refractivity (Wildman–Crippen MR) is 83.3 cm³/mol. The van der Waals surface area contributed by atoms with Gasteiger partial charge in [-0.15, -0.1) is 11.3 Å². The monoisotopic (exact) mass is 285 g/mol. The molecular formula is C14H15N5S. The topological polar surface area (TPSA) is 62.7 Å². The van der Waals surface area contributed by atoms with Gasteiger partial charge in [0.15, 0.2) is 0 Å². The number of hydrogen-bond donors (Lipinski definition) is 2. The Morgan fingerprint density at radius 2 is 2.10 bits per heavy atom. The number of aryl methyl sites for hydroxylation is 1. The minimum absolute atomic E-state index is 0.629. The molecule has 0 saturated carbocycles. The summed E-state index contributed by atoms with van der Waals surface area (Å²) in [5, 5.41) is 9.42. The first-order chi connectivity index (χ1) is 9.76. The number of fused-ring (bicyclic) bond motifs is 1. The minimum atomic E-state index is 0.629. The Morgan fingerprint density at radius 3 is 2.85 bits per heavy atom. The number of nitrogens with zero attached hydrogens (tertiary/aromatic N) is 3. The van der Waals surface area contributed by atoms with Gasteiger partial charge in [0.2, 0.25) is 5.95 Å². The molecule has 0 aromatic carbocycles. The second kappa shape index (κ2) is 5.42. The third-order valence-corrected chi connectivity index (χ3v) is 3.79. The molecule has 0 atom stereocenters. The summed E-state index contributed by atoms with van der Waals surface area (Å²) in [7, 11) is 1.82. The van der Waals surface area contributed by atoms with Crippen molar-refractivity contribution in [1.29, 1.82) is 0 Å². The molecule has 0 unspecified atom stereocenters. The SMILES string of the molecule is CNc1nc(NCc2ccc(C)nc2)c2ccsc2n1. The molecule has 0 spiro atoms. The fourth-order valence-electron chi connectivity index (χ4n) is 1.89. The molecule has 2 N–H and O–H groups in total. The number of rotatable bonds is 4. The van der Waals surface area contributed by atoms with Crippen LogP contribution in [0.4, 0.5) is 11.8 Å². The van der Waals surface area contributed by atoms with Crippen LogP contribution in [0.2, 0.25) is 0 Å². The quantitative estimate of drug-likeness (QED) is 0.771. The second-order valence-electron chi connectivity index (χ2n) is 4.45. The summed E-state index contributed by atoms with van der Waals surface area (Å²) in [6.45, 7) is 2.67. The standard InChI is InChI=1S/C14H15N5S/c1-9-3-4-10(7-16-9)8-17-12-11-5-6-20-13(11)19-14(15-2)18-12/h3-7H,8H2,1-2H3,(H2,15,17,18,19). The van der Waals surface area contributed by atoms with Gasteiger partial charge < -0.3 is 10.6 Å². The Balaban J connectivity index is 1.86. The molecule has 3 heterocycles. The van der Waals surface area contributed by atoms with E-state index >= 15 is 0 Å². The van der Waals surface area contributed by atoms with Crippen molar-refractivity contribution in [3.05, 3.63) is 41.0 Å². The van der Waals surface area contributed by atoms with Gasteiger partial charge in [-0.05, 0) is 30.0 Å². The summed E-state index contributed by atoms with van der Waals surface area (Å²) >= 11 is 1.61. The zero-order valence-corrected chi connectivity index (χ0v) is 12.2. The Morgan fingerprint density at radius 1 is 1.20 bits per heavy atom. The molecule has 3 rings (SSSR count). The molecule has 0 saturated heterocycles. The van der Waals surface area contributed by atoms with Crippen LogP contribution < -0.4 is 10.6 Å². The predicted octanol–water partition coefficient (Wildman–Crippen LogP) is 3.05. The first-order valence-electron chi connectivity index (χ1n) is 6.34. The van der Waals surface area contributed by atoms with Crippen LogP contribution >= 0.6 is 11.3 Å². The van der Waals surface area contributed by atoms with Gasteiger partial charge in [0, 0.05) is 25.5 Å². The van der Waals surface area contributed by atoms with Crippen molar-refractivity contribution in [2.24, 2.45) is 0 Å². The van der Waals surface area contributed by atoms with E-state index in [1.54, 1.807) is 11.3 Å². The fraction of sp³-hybridized carbons (Fsp3) is 0.214. The average Bonchev–Trinajstić information content (AvgIpc) is 2.94. The van der Waals surface area contributed by atoms with Gasteiger partial charge in [0.25, 0.3) is 0 Å². The van der Waals surface area contributed by atoms with E-state index in [0.717, 1.165) is 27.3 Å². The molecule has 20 heavy (non-hydrogen) atoms. The third-order valence-electron chi connectivity index (χ3n) is 2.98. The first kappa shape index (κ1) is 12.8. The Bertz CT molecular complexity index is 720. The normalized spacial score (nSPS) is 10.7. The Hall–Kier alpha value is -2.21. The molecular weight excluding hydrogens is 270 g/mol. The zero-order valence-electron chi connectivity index (χ0n) is 11.3. The summed E-state index contributed by atoms with van der Waals surface area (Å²) in [5.74, 6) is 1.48. The van der Waals surface area contributed by atoms with Crippen molar-refractivity contribution < 1.29 is 0 Å². The molecule has 0 fully saturated rings. The highest BCUT2D eigenvalue weighted by Crippen LogP contribution is 2.26. The minimum Gasteiger partial charge on any atom is -0.365 e. The number of pyridine rings is 1. The van der Waals surface area contributed by atoms with Gasteiger partial charge in [-0.3, -0.25) is 4.98 Å². The van der Waals surface area contributed by atoms with Crippen LogP contribution in [0.15, 0.2) is 29.8 Å². The molecule has 6 heteroatoms. The van der Waals surface area contributed by atoms with Crippen molar-refractivity contribution in [2.45, 2.75) is 13.5 Å². The van der Waals surface area contributed by atoms with E-state index in [9.17, 15) is 0 Å². The maximum atomic E-state index is 4.48. The maximum Gasteiger partial charge on any atom is 0.225 e. The van der Waals surface area contributed by atoms with E-state index < -0.39 is 0 Å². The molecule has 5 nitrogen and oxygen atoms in total. The molecule has 0 aliphatic carbocycles. The van der Waals surface area contributed by atoms with Gasteiger partial charge in [-0.25, -0.2) is 4.98 Å². The van der Waals surface area contributed by atoms with Crippen molar-refractivity contribution in [2.75, 3.05) is 17.7 Å². The Kier molecular flexibility index (Phi) is 3.47. The molecule has 0 bridgehead atoms. The van der Waals surface area contributed by atoms with E-state index in [0.29, 0.717) is 12.5 Å². The summed E-state index contributed by atoms with van der Waals surface area (Å²) in [5.41, 5.74) is 2.15. The van der Waals surface area contributed by atoms with Crippen molar-refractivity contribution in [3.63, 3.8) is 0 Å². The molecule has 0 radical (unpaired) electrons. The van der Waals surface area contributed by atoms with Crippen LogP contribution in [0.3, 0.4) is 0 Å². The van der Waals surface area contributed by atoms with Gasteiger partial charge in [-0.1, -0.05) is 6.07 Å². The van der Waals surface area contributed by atoms with E-state index in [4.69, 9.17) is 0 Å². The van der Waals surface area contributed by atoms with Crippen LogP contribution in [0, 0.1) is 6.92 Å². The van der Waals surface area contributed by atoms with Crippen molar-refractivity contribution in [1.82, 2.24) is 15.0 Å². The Labute approximate surface area is 121 Å². The van der Waals surface area contributed by atoms with Crippen molar-refractivity contribution in [3.8, 4) is 0 Å². The fourth-order valence-corrected chi connectivity index (χ4v) is 2.65. The van der Waals surface area contributed by atoms with Crippen LogP contribution in [0.5, 0.6) is 0 Å². The number of anilines is 2. The second-order valence-corrected chi connectivity index (χ2v) is 5.34. The lowest BCUT2D eigenvalue weighted by Gasteiger charge is -2.08. The van der Waals surface area contributed by atoms with E-state index in [2.05, 4.69) is 31.7 Å². The van der Waals surface area contributed by atoms with Gasteiger partial charge in [0.1, 0.15) is 10.6 Å². The van der Waals surface area contributed by atoms with E-state index in [1.165, 1.54) is 0 Å². The number of nitrogens with one attached hydrogen (secondary N) is 2. The lowest BCUT2D eigenvalue weighted by Crippen LogP contribution is -2.05. The van der Waals surface area contributed by atoms with Gasteiger partial charge in [-0.2, -0.15) is 4.98 Å². The van der Waals surface area contributed by atoms with Crippen LogP contribution in [-0.4, -0.2) is 22.0 Å². The van der Waals surface area contributed by atoms with Gasteiger partial charge >= 0.3 is 0 Å².